The van der Waals surface area contributed by atoms with E-state index in [2.05, 4.69) is 32.7 Å². The standard InChI is InChI=1S/C13H16BrN3/c1-3-17(9-8-14)13-10(2)15-11-6-4-5-7-12(11)16-13/h4-7H,3,8-9H2,1-2H3. The van der Waals surface area contributed by atoms with E-state index < -0.39 is 0 Å². The van der Waals surface area contributed by atoms with Crippen molar-refractivity contribution in [1.29, 1.82) is 0 Å². The van der Waals surface area contributed by atoms with Gasteiger partial charge < -0.3 is 4.90 Å². The lowest BCUT2D eigenvalue weighted by atomic mass is 10.3. The number of fused-ring (bicyclic) bond motifs is 1. The number of hydrogen-bond donors (Lipinski definition) is 0. The van der Waals surface area contributed by atoms with Crippen molar-refractivity contribution in [3.63, 3.8) is 0 Å². The van der Waals surface area contributed by atoms with Gasteiger partial charge in [-0.25, -0.2) is 9.97 Å². The summed E-state index contributed by atoms with van der Waals surface area (Å²) >= 11 is 3.47. The third-order valence-corrected chi connectivity index (χ3v) is 3.11. The summed E-state index contributed by atoms with van der Waals surface area (Å²) in [7, 11) is 0. The molecule has 2 rings (SSSR count). The maximum absolute atomic E-state index is 4.71. The molecule has 17 heavy (non-hydrogen) atoms. The van der Waals surface area contributed by atoms with Gasteiger partial charge in [0.05, 0.1) is 16.7 Å². The Morgan fingerprint density at radius 3 is 2.41 bits per heavy atom. The van der Waals surface area contributed by atoms with Gasteiger partial charge >= 0.3 is 0 Å². The maximum atomic E-state index is 4.71. The number of para-hydroxylation sites is 2. The summed E-state index contributed by atoms with van der Waals surface area (Å²) in [6.07, 6.45) is 0. The van der Waals surface area contributed by atoms with Crippen LogP contribution in [0.1, 0.15) is 12.6 Å². The Kier molecular flexibility index (Phi) is 3.94. The zero-order valence-electron chi connectivity index (χ0n) is 10.2. The number of nitrogens with zero attached hydrogens (tertiary/aromatic N) is 3. The first kappa shape index (κ1) is 12.3. The van der Waals surface area contributed by atoms with E-state index >= 15 is 0 Å². The minimum Gasteiger partial charge on any atom is -0.355 e. The van der Waals surface area contributed by atoms with Crippen LogP contribution >= 0.6 is 15.9 Å². The fraction of sp³-hybridized carbons (Fsp3) is 0.385. The van der Waals surface area contributed by atoms with E-state index in [1.165, 1.54) is 0 Å². The summed E-state index contributed by atoms with van der Waals surface area (Å²) < 4.78 is 0. The molecular weight excluding hydrogens is 278 g/mol. The zero-order valence-corrected chi connectivity index (χ0v) is 11.7. The highest BCUT2D eigenvalue weighted by molar-refractivity contribution is 9.09. The maximum Gasteiger partial charge on any atom is 0.150 e. The second-order valence-corrected chi connectivity index (χ2v) is 4.68. The number of benzene rings is 1. The largest absolute Gasteiger partial charge is 0.355 e. The zero-order chi connectivity index (χ0) is 12.3. The fourth-order valence-corrected chi connectivity index (χ4v) is 2.32. The van der Waals surface area contributed by atoms with Crippen LogP contribution in [0.3, 0.4) is 0 Å². The summed E-state index contributed by atoms with van der Waals surface area (Å²) in [4.78, 5) is 11.6. The van der Waals surface area contributed by atoms with Crippen LogP contribution in [0.4, 0.5) is 5.82 Å². The lowest BCUT2D eigenvalue weighted by Gasteiger charge is -2.22. The second-order valence-electron chi connectivity index (χ2n) is 3.89. The Balaban J connectivity index is 2.49. The van der Waals surface area contributed by atoms with Crippen molar-refractivity contribution in [2.45, 2.75) is 13.8 Å². The van der Waals surface area contributed by atoms with Crippen molar-refractivity contribution in [1.82, 2.24) is 9.97 Å². The summed E-state index contributed by atoms with van der Waals surface area (Å²) in [6.45, 7) is 6.05. The molecule has 1 aromatic carbocycles. The van der Waals surface area contributed by atoms with E-state index in [0.29, 0.717) is 0 Å². The van der Waals surface area contributed by atoms with Crippen molar-refractivity contribution in [3.8, 4) is 0 Å². The average Bonchev–Trinajstić information content (AvgIpc) is 2.35. The molecule has 0 bridgehead atoms. The number of halogens is 1. The van der Waals surface area contributed by atoms with Gasteiger partial charge in [0.2, 0.25) is 0 Å². The van der Waals surface area contributed by atoms with Gasteiger partial charge in [-0.3, -0.25) is 0 Å². The highest BCUT2D eigenvalue weighted by Gasteiger charge is 2.10. The Hall–Kier alpha value is -1.16. The molecule has 4 heteroatoms. The SMILES string of the molecule is CCN(CCBr)c1nc2ccccc2nc1C. The van der Waals surface area contributed by atoms with Crippen LogP contribution in [0.5, 0.6) is 0 Å². The number of rotatable bonds is 4. The highest BCUT2D eigenvalue weighted by Crippen LogP contribution is 2.19. The van der Waals surface area contributed by atoms with Crippen molar-refractivity contribution in [2.24, 2.45) is 0 Å². The molecule has 0 fully saturated rings. The Bertz CT molecular complexity index is 513. The van der Waals surface area contributed by atoms with Crippen LogP contribution in [0.15, 0.2) is 24.3 Å². The molecule has 1 heterocycles. The molecule has 0 amide bonds. The van der Waals surface area contributed by atoms with Crippen molar-refractivity contribution < 1.29 is 0 Å². The lowest BCUT2D eigenvalue weighted by molar-refractivity contribution is 0.846. The molecule has 0 aliphatic heterocycles. The molecule has 2 aromatic rings. The quantitative estimate of drug-likeness (QED) is 0.811. The summed E-state index contributed by atoms with van der Waals surface area (Å²) in [5.74, 6) is 0.991. The smallest absolute Gasteiger partial charge is 0.150 e. The molecule has 0 unspecified atom stereocenters. The Morgan fingerprint density at radius 2 is 1.82 bits per heavy atom. The Morgan fingerprint density at radius 1 is 1.18 bits per heavy atom. The number of hydrogen-bond acceptors (Lipinski definition) is 3. The van der Waals surface area contributed by atoms with Gasteiger partial charge in [-0.1, -0.05) is 28.1 Å². The van der Waals surface area contributed by atoms with Gasteiger partial charge in [-0.2, -0.15) is 0 Å². The fourth-order valence-electron chi connectivity index (χ4n) is 1.89. The number of alkyl halides is 1. The van der Waals surface area contributed by atoms with Gasteiger partial charge in [0, 0.05) is 18.4 Å². The molecule has 90 valence electrons. The lowest BCUT2D eigenvalue weighted by Crippen LogP contribution is -2.27. The van der Waals surface area contributed by atoms with Crippen LogP contribution in [0.25, 0.3) is 11.0 Å². The summed E-state index contributed by atoms with van der Waals surface area (Å²) in [5, 5.41) is 0.939. The second kappa shape index (κ2) is 5.45. The number of aromatic nitrogens is 2. The molecule has 0 saturated carbocycles. The Labute approximate surface area is 110 Å². The molecule has 0 saturated heterocycles. The van der Waals surface area contributed by atoms with Crippen molar-refractivity contribution in [2.75, 3.05) is 23.3 Å². The van der Waals surface area contributed by atoms with Crippen molar-refractivity contribution in [3.05, 3.63) is 30.0 Å². The number of anilines is 1. The van der Waals surface area contributed by atoms with Gasteiger partial charge in [0.1, 0.15) is 0 Å². The van der Waals surface area contributed by atoms with E-state index in [1.807, 2.05) is 31.2 Å². The van der Waals surface area contributed by atoms with Crippen LogP contribution in [0, 0.1) is 6.92 Å². The van der Waals surface area contributed by atoms with E-state index in [0.717, 1.165) is 41.0 Å². The van der Waals surface area contributed by atoms with Crippen LogP contribution in [-0.2, 0) is 0 Å². The van der Waals surface area contributed by atoms with Gasteiger partial charge in [0.25, 0.3) is 0 Å². The highest BCUT2D eigenvalue weighted by atomic mass is 79.9. The first-order chi connectivity index (χ1) is 8.26. The minimum atomic E-state index is 0.939. The van der Waals surface area contributed by atoms with Crippen LogP contribution in [0.2, 0.25) is 0 Å². The normalized spacial score (nSPS) is 10.8. The molecule has 0 atom stereocenters. The van der Waals surface area contributed by atoms with E-state index in [9.17, 15) is 0 Å². The van der Waals surface area contributed by atoms with Crippen LogP contribution in [-0.4, -0.2) is 28.4 Å². The van der Waals surface area contributed by atoms with Crippen LogP contribution < -0.4 is 4.90 Å². The summed E-state index contributed by atoms with van der Waals surface area (Å²) in [5.41, 5.74) is 2.91. The van der Waals surface area contributed by atoms with E-state index in [4.69, 9.17) is 4.98 Å². The number of aryl methyl sites for hydroxylation is 1. The van der Waals surface area contributed by atoms with Gasteiger partial charge in [-0.05, 0) is 26.0 Å². The minimum absolute atomic E-state index is 0.939. The van der Waals surface area contributed by atoms with Gasteiger partial charge in [0.15, 0.2) is 5.82 Å². The monoisotopic (exact) mass is 293 g/mol. The predicted octanol–water partition coefficient (Wildman–Crippen LogP) is 3.16. The third kappa shape index (κ3) is 2.57. The van der Waals surface area contributed by atoms with Crippen molar-refractivity contribution >= 4 is 32.8 Å². The first-order valence-corrected chi connectivity index (χ1v) is 6.92. The molecule has 0 N–H and O–H groups in total. The van der Waals surface area contributed by atoms with E-state index in [-0.39, 0.29) is 0 Å². The third-order valence-electron chi connectivity index (χ3n) is 2.76. The molecule has 1 aromatic heterocycles. The molecule has 0 aliphatic carbocycles. The van der Waals surface area contributed by atoms with Gasteiger partial charge in [-0.15, -0.1) is 0 Å². The first-order valence-electron chi connectivity index (χ1n) is 5.80. The molecular formula is C13H16BrN3. The molecule has 3 nitrogen and oxygen atoms in total. The predicted molar refractivity (Wildman–Crippen MR) is 76.0 cm³/mol. The topological polar surface area (TPSA) is 29.0 Å². The molecule has 0 spiro atoms. The molecule has 0 radical (unpaired) electrons. The van der Waals surface area contributed by atoms with E-state index in [1.54, 1.807) is 0 Å². The molecule has 0 aliphatic rings. The average molecular weight is 294 g/mol. The summed E-state index contributed by atoms with van der Waals surface area (Å²) in [6, 6.07) is 8.00.